The number of allylic oxidation sites excluding steroid dienone is 1. The minimum Gasteiger partial charge on any atom is -0.505 e. The van der Waals surface area contributed by atoms with Crippen LogP contribution in [0.15, 0.2) is 12.7 Å². The molecular formula is C7H14N4O4Si2. The predicted octanol–water partition coefficient (Wildman–Crippen LogP) is 0.0175. The monoisotopic (exact) mass is 274 g/mol. The van der Waals surface area contributed by atoms with Gasteiger partial charge in [-0.3, -0.25) is 21.6 Å². The first-order valence-electron chi connectivity index (χ1n) is 4.45. The van der Waals surface area contributed by atoms with Gasteiger partial charge in [-0.2, -0.15) is 0 Å². The fourth-order valence-corrected chi connectivity index (χ4v) is 5.00. The minimum atomic E-state index is -2.47. The molecule has 0 amide bonds. The summed E-state index contributed by atoms with van der Waals surface area (Å²) in [7, 11) is -4.94. The summed E-state index contributed by atoms with van der Waals surface area (Å²) < 4.78 is 19.9. The quantitative estimate of drug-likeness (QED) is 0.183. The molecule has 0 saturated carbocycles. The molecule has 0 aromatic heterocycles. The highest BCUT2D eigenvalue weighted by molar-refractivity contribution is 6.70. The van der Waals surface area contributed by atoms with Gasteiger partial charge < -0.3 is 17.7 Å². The Hall–Kier alpha value is -1.95. The van der Waals surface area contributed by atoms with Crippen molar-refractivity contribution in [3.63, 3.8) is 0 Å². The topological polar surface area (TPSA) is 132 Å². The lowest BCUT2D eigenvalue weighted by Gasteiger charge is -2.23. The lowest BCUT2D eigenvalue weighted by Crippen LogP contribution is -2.40. The fourth-order valence-electron chi connectivity index (χ4n) is 1.05. The van der Waals surface area contributed by atoms with Gasteiger partial charge in [0.25, 0.3) is 0 Å². The van der Waals surface area contributed by atoms with Crippen molar-refractivity contribution in [2.24, 2.45) is 0 Å². The van der Waals surface area contributed by atoms with Crippen LogP contribution >= 0.6 is 0 Å². The van der Waals surface area contributed by atoms with Gasteiger partial charge in [0.1, 0.15) is 5.16 Å². The van der Waals surface area contributed by atoms with E-state index >= 15 is 0 Å². The summed E-state index contributed by atoms with van der Waals surface area (Å²) in [5.41, 5.74) is 0. The van der Waals surface area contributed by atoms with E-state index in [4.69, 9.17) is 39.3 Å². The van der Waals surface area contributed by atoms with Crippen molar-refractivity contribution in [2.75, 3.05) is 0 Å². The molecule has 0 unspecified atom stereocenters. The maximum Gasteiger partial charge on any atom is 0.456 e. The Morgan fingerprint density at radius 3 is 1.24 bits per heavy atom. The summed E-state index contributed by atoms with van der Waals surface area (Å²) in [6.45, 7) is 3.58. The van der Waals surface area contributed by atoms with Crippen molar-refractivity contribution >= 4 is 44.2 Å². The number of hydrogen-bond donors (Lipinski definition) is 4. The molecule has 8 nitrogen and oxygen atoms in total. The number of hydrogen-bond acceptors (Lipinski definition) is 8. The molecule has 0 aliphatic rings. The Labute approximate surface area is 102 Å². The summed E-state index contributed by atoms with van der Waals surface area (Å²) in [4.78, 5) is 0. The summed E-state index contributed by atoms with van der Waals surface area (Å²) in [6, 6.07) is 0. The van der Waals surface area contributed by atoms with Crippen LogP contribution in [-0.4, -0.2) is 44.2 Å². The molecule has 17 heavy (non-hydrogen) atoms. The molecule has 10 heteroatoms. The lowest BCUT2D eigenvalue weighted by atomic mass is 10.7. The summed E-state index contributed by atoms with van der Waals surface area (Å²) in [5, 5.41) is 27.0. The van der Waals surface area contributed by atoms with Crippen LogP contribution in [0.4, 0.5) is 0 Å². The second-order valence-electron chi connectivity index (χ2n) is 2.57. The average molecular weight is 274 g/mol. The van der Waals surface area contributed by atoms with Crippen LogP contribution in [0.1, 0.15) is 0 Å². The predicted molar refractivity (Wildman–Crippen MR) is 67.7 cm³/mol. The van der Waals surface area contributed by atoms with E-state index in [9.17, 15) is 0 Å². The van der Waals surface area contributed by atoms with Gasteiger partial charge in [-0.15, -0.1) is 6.58 Å². The van der Waals surface area contributed by atoms with Crippen LogP contribution in [0.5, 0.6) is 0 Å². The molecule has 0 rings (SSSR count). The highest BCUT2D eigenvalue weighted by atomic mass is 28.4. The summed E-state index contributed by atoms with van der Waals surface area (Å²) >= 11 is 0. The Bertz CT molecular complexity index is 247. The molecule has 0 heterocycles. The Kier molecular flexibility index (Phi) is 8.23. The van der Waals surface area contributed by atoms with Crippen LogP contribution in [0.25, 0.3) is 0 Å². The van der Waals surface area contributed by atoms with Crippen LogP contribution in [0.3, 0.4) is 0 Å². The zero-order valence-corrected chi connectivity index (χ0v) is 11.3. The number of rotatable bonds is 11. The van der Waals surface area contributed by atoms with E-state index in [0.717, 1.165) is 25.6 Å². The molecule has 0 aliphatic heterocycles. The standard InChI is InChI=1S/C7H14N4O4Si2/c1-2-7(16(12-3-8)13-4-9)17(14-5-10)15-6-11/h2-11,16-17H,1H2. The van der Waals surface area contributed by atoms with Crippen molar-refractivity contribution in [1.29, 1.82) is 21.6 Å². The first-order valence-corrected chi connectivity index (χ1v) is 7.67. The van der Waals surface area contributed by atoms with E-state index in [0.29, 0.717) is 0 Å². The molecule has 0 fully saturated rings. The second kappa shape index (κ2) is 9.29. The minimum absolute atomic E-state index is 0.457. The van der Waals surface area contributed by atoms with Gasteiger partial charge in [-0.25, -0.2) is 0 Å². The van der Waals surface area contributed by atoms with E-state index in [1.807, 2.05) is 0 Å². The summed E-state index contributed by atoms with van der Waals surface area (Å²) in [6.07, 6.45) is 4.36. The van der Waals surface area contributed by atoms with Crippen molar-refractivity contribution in [1.82, 2.24) is 0 Å². The molecule has 4 N–H and O–H groups in total. The molecule has 0 saturated heterocycles. The first kappa shape index (κ1) is 15.1. The van der Waals surface area contributed by atoms with E-state index in [2.05, 4.69) is 6.58 Å². The molecule has 0 bridgehead atoms. The van der Waals surface area contributed by atoms with E-state index in [1.54, 1.807) is 0 Å². The number of nitrogens with one attached hydrogen (secondary N) is 4. The highest BCUT2D eigenvalue weighted by Crippen LogP contribution is 2.18. The molecule has 0 radical (unpaired) electrons. The van der Waals surface area contributed by atoms with Gasteiger partial charge >= 0.3 is 18.6 Å². The maximum atomic E-state index is 6.87. The average Bonchev–Trinajstić information content (AvgIpc) is 2.31. The van der Waals surface area contributed by atoms with Crippen molar-refractivity contribution in [2.45, 2.75) is 5.16 Å². The van der Waals surface area contributed by atoms with Gasteiger partial charge in [0, 0.05) is 0 Å². The molecule has 0 spiro atoms. The van der Waals surface area contributed by atoms with E-state index in [-0.39, 0.29) is 0 Å². The van der Waals surface area contributed by atoms with Crippen LogP contribution in [0.2, 0.25) is 5.16 Å². The van der Waals surface area contributed by atoms with Crippen LogP contribution < -0.4 is 0 Å². The largest absolute Gasteiger partial charge is 0.505 e. The van der Waals surface area contributed by atoms with Gasteiger partial charge in [0.15, 0.2) is 25.6 Å². The maximum absolute atomic E-state index is 6.87. The second-order valence-corrected chi connectivity index (χ2v) is 7.44. The van der Waals surface area contributed by atoms with Crippen LogP contribution in [0, 0.1) is 21.6 Å². The molecule has 0 atom stereocenters. The van der Waals surface area contributed by atoms with Gasteiger partial charge in [-0.1, -0.05) is 6.08 Å². The van der Waals surface area contributed by atoms with Gasteiger partial charge in [0.05, 0.1) is 0 Å². The van der Waals surface area contributed by atoms with Crippen LogP contribution in [-0.2, 0) is 17.7 Å². The van der Waals surface area contributed by atoms with E-state index < -0.39 is 23.7 Å². The third-order valence-electron chi connectivity index (χ3n) is 1.71. The SMILES string of the molecule is C=CC([SiH](OC=N)OC=N)[SiH](OC=N)OC=N. The first-order chi connectivity index (χ1) is 8.24. The van der Waals surface area contributed by atoms with Crippen molar-refractivity contribution in [3.05, 3.63) is 12.7 Å². The third-order valence-corrected chi connectivity index (χ3v) is 7.01. The van der Waals surface area contributed by atoms with Crippen molar-refractivity contribution in [3.8, 4) is 0 Å². The zero-order chi connectivity index (χ0) is 13.1. The Balaban J connectivity index is 4.84. The normalized spacial score (nSPS) is 14.4. The Morgan fingerprint density at radius 2 is 1.06 bits per heavy atom. The Morgan fingerprint density at radius 1 is 0.765 bits per heavy atom. The van der Waals surface area contributed by atoms with Gasteiger partial charge in [0.2, 0.25) is 0 Å². The fraction of sp³-hybridized carbons (Fsp3) is 0.143. The van der Waals surface area contributed by atoms with E-state index in [1.165, 1.54) is 6.08 Å². The third kappa shape index (κ3) is 5.08. The lowest BCUT2D eigenvalue weighted by molar-refractivity contribution is 0.392. The zero-order valence-electron chi connectivity index (χ0n) is 8.96. The van der Waals surface area contributed by atoms with Gasteiger partial charge in [-0.05, 0) is 0 Å². The smallest absolute Gasteiger partial charge is 0.456 e. The molecule has 94 valence electrons. The highest BCUT2D eigenvalue weighted by Gasteiger charge is 2.39. The molecule has 0 aliphatic carbocycles. The molecule has 0 aromatic carbocycles. The van der Waals surface area contributed by atoms with Crippen molar-refractivity contribution < 1.29 is 17.7 Å². The molecule has 0 aromatic rings. The molecular weight excluding hydrogens is 260 g/mol. The summed E-state index contributed by atoms with van der Waals surface area (Å²) in [5.74, 6) is 0.